The van der Waals surface area contributed by atoms with Crippen molar-refractivity contribution in [2.75, 3.05) is 6.61 Å². The fourth-order valence-corrected chi connectivity index (χ4v) is 2.93. The second-order valence-electron chi connectivity index (χ2n) is 3.28. The molecule has 6 heteroatoms. The van der Waals surface area contributed by atoms with E-state index in [0.717, 1.165) is 12.0 Å². The molecule has 0 fully saturated rings. The minimum atomic E-state index is -4.72. The first-order valence-corrected chi connectivity index (χ1v) is 6.56. The highest BCUT2D eigenvalue weighted by Crippen LogP contribution is 2.35. The van der Waals surface area contributed by atoms with Crippen molar-refractivity contribution in [1.29, 1.82) is 0 Å². The molecule has 1 aliphatic rings. The van der Waals surface area contributed by atoms with Crippen LogP contribution in [0.1, 0.15) is 12.0 Å². The van der Waals surface area contributed by atoms with Gasteiger partial charge in [0, 0.05) is 4.47 Å². The third-order valence-electron chi connectivity index (χ3n) is 2.20. The molecule has 1 aliphatic heterocycles. The summed E-state index contributed by atoms with van der Waals surface area (Å²) in [5, 5.41) is 0. The molecule has 0 saturated heterocycles. The van der Waals surface area contributed by atoms with Crippen LogP contribution in [-0.4, -0.2) is 15.0 Å². The molecule has 0 spiro atoms. The van der Waals surface area contributed by atoms with Crippen molar-refractivity contribution >= 4 is 26.2 Å². The van der Waals surface area contributed by atoms with E-state index >= 15 is 0 Å². The first-order chi connectivity index (χ1) is 6.98. The summed E-state index contributed by atoms with van der Waals surface area (Å²) in [6.45, 7) is 0.428. The van der Waals surface area contributed by atoms with E-state index in [0.29, 0.717) is 17.5 Å². The van der Waals surface area contributed by atoms with Crippen LogP contribution in [0.15, 0.2) is 21.5 Å². The quantitative estimate of drug-likeness (QED) is 0.747. The van der Waals surface area contributed by atoms with E-state index in [1.54, 1.807) is 6.07 Å². The Labute approximate surface area is 95.6 Å². The van der Waals surface area contributed by atoms with Crippen LogP contribution in [0.2, 0.25) is 0 Å². The molecule has 0 N–H and O–H groups in total. The molecule has 0 bridgehead atoms. The highest BCUT2D eigenvalue weighted by atomic mass is 79.9. The van der Waals surface area contributed by atoms with Crippen molar-refractivity contribution in [3.8, 4) is 5.75 Å². The summed E-state index contributed by atoms with van der Waals surface area (Å²) in [5.41, 5.74) is 0.729. The smallest absolute Gasteiger partial charge is 0.335 e. The van der Waals surface area contributed by atoms with E-state index in [2.05, 4.69) is 15.9 Å². The Balaban J connectivity index is 2.68. The number of rotatable bonds is 1. The van der Waals surface area contributed by atoms with Gasteiger partial charge in [0.25, 0.3) is 0 Å². The summed E-state index contributed by atoms with van der Waals surface area (Å²) in [5.74, 6) is 0.159. The lowest BCUT2D eigenvalue weighted by atomic mass is 10.1. The molecule has 0 atom stereocenters. The predicted molar refractivity (Wildman–Crippen MR) is 56.3 cm³/mol. The Hall–Kier alpha value is -0.620. The second kappa shape index (κ2) is 3.75. The van der Waals surface area contributed by atoms with Crippen LogP contribution in [0.25, 0.3) is 0 Å². The molecule has 0 amide bonds. The molecule has 0 unspecified atom stereocenters. The van der Waals surface area contributed by atoms with Gasteiger partial charge in [-0.3, -0.25) is 0 Å². The molecular weight excluding hydrogens is 287 g/mol. The molecule has 0 saturated carbocycles. The highest BCUT2D eigenvalue weighted by molar-refractivity contribution is 9.10. The first-order valence-electron chi connectivity index (χ1n) is 4.38. The van der Waals surface area contributed by atoms with Gasteiger partial charge in [-0.05, 0) is 30.5 Å². The lowest BCUT2D eigenvalue weighted by molar-refractivity contribution is 0.279. The number of fused-ring (bicyclic) bond motifs is 1. The maximum Gasteiger partial charge on any atom is 0.335 e. The molecule has 82 valence electrons. The van der Waals surface area contributed by atoms with Gasteiger partial charge < -0.3 is 4.74 Å². The molecular formula is C9H8BrFO3S. The van der Waals surface area contributed by atoms with Gasteiger partial charge in [0.2, 0.25) is 0 Å². The van der Waals surface area contributed by atoms with Crippen LogP contribution >= 0.6 is 15.9 Å². The van der Waals surface area contributed by atoms with Crippen molar-refractivity contribution in [2.45, 2.75) is 17.7 Å². The highest BCUT2D eigenvalue weighted by Gasteiger charge is 2.24. The van der Waals surface area contributed by atoms with Crippen molar-refractivity contribution in [1.82, 2.24) is 0 Å². The van der Waals surface area contributed by atoms with Gasteiger partial charge in [0.15, 0.2) is 0 Å². The van der Waals surface area contributed by atoms with Crippen LogP contribution in [0.5, 0.6) is 5.75 Å². The Bertz CT molecular complexity index is 498. The van der Waals surface area contributed by atoms with Gasteiger partial charge in [0.05, 0.1) is 6.61 Å². The molecule has 3 nitrogen and oxygen atoms in total. The van der Waals surface area contributed by atoms with E-state index < -0.39 is 10.2 Å². The standard InChI is InChI=1S/C9H8BrFO3S/c10-7-4-6-2-1-3-14-9(6)8(5-7)15(11,12)13/h4-5H,1-3H2. The topological polar surface area (TPSA) is 43.4 Å². The normalized spacial score (nSPS) is 15.6. The molecule has 1 aromatic carbocycles. The zero-order valence-electron chi connectivity index (χ0n) is 7.66. The third-order valence-corrected chi connectivity index (χ3v) is 3.48. The summed E-state index contributed by atoms with van der Waals surface area (Å²) in [4.78, 5) is -0.383. The Kier molecular flexibility index (Phi) is 2.72. The maximum absolute atomic E-state index is 13.0. The van der Waals surface area contributed by atoms with Gasteiger partial charge in [-0.1, -0.05) is 15.9 Å². The van der Waals surface area contributed by atoms with Crippen molar-refractivity contribution in [3.63, 3.8) is 0 Å². The minimum absolute atomic E-state index is 0.159. The molecule has 1 aromatic rings. The molecule has 1 heterocycles. The first kappa shape index (κ1) is 10.9. The molecule has 0 aliphatic carbocycles. The van der Waals surface area contributed by atoms with Crippen molar-refractivity contribution < 1.29 is 17.0 Å². The number of hydrogen-bond donors (Lipinski definition) is 0. The third kappa shape index (κ3) is 2.15. The van der Waals surface area contributed by atoms with E-state index in [4.69, 9.17) is 4.74 Å². The Morgan fingerprint density at radius 1 is 1.40 bits per heavy atom. The lowest BCUT2D eigenvalue weighted by Gasteiger charge is -2.19. The van der Waals surface area contributed by atoms with Crippen LogP contribution < -0.4 is 4.74 Å². The fraction of sp³-hybridized carbons (Fsp3) is 0.333. The summed E-state index contributed by atoms with van der Waals surface area (Å²) in [7, 11) is -4.72. The van der Waals surface area contributed by atoms with E-state index in [-0.39, 0.29) is 10.6 Å². The number of benzene rings is 1. The maximum atomic E-state index is 13.0. The second-order valence-corrected chi connectivity index (χ2v) is 5.51. The predicted octanol–water partition coefficient (Wildman–Crippen LogP) is 2.43. The Morgan fingerprint density at radius 3 is 2.80 bits per heavy atom. The largest absolute Gasteiger partial charge is 0.492 e. The summed E-state index contributed by atoms with van der Waals surface area (Å²) < 4.78 is 40.5. The lowest BCUT2D eigenvalue weighted by Crippen LogP contribution is -2.11. The number of ether oxygens (including phenoxy) is 1. The SMILES string of the molecule is O=S(=O)(F)c1cc(Br)cc2c1OCCC2. The molecule has 15 heavy (non-hydrogen) atoms. The Morgan fingerprint density at radius 2 is 2.13 bits per heavy atom. The van der Waals surface area contributed by atoms with Gasteiger partial charge >= 0.3 is 10.2 Å². The van der Waals surface area contributed by atoms with Gasteiger partial charge in [-0.2, -0.15) is 8.42 Å². The molecule has 0 aromatic heterocycles. The number of halogens is 2. The van der Waals surface area contributed by atoms with E-state index in [1.807, 2.05) is 0 Å². The summed E-state index contributed by atoms with van der Waals surface area (Å²) in [6.07, 6.45) is 1.52. The molecule has 2 rings (SSSR count). The number of aryl methyl sites for hydroxylation is 1. The fourth-order valence-electron chi connectivity index (χ4n) is 1.59. The van der Waals surface area contributed by atoms with Crippen LogP contribution in [-0.2, 0) is 16.6 Å². The zero-order chi connectivity index (χ0) is 11.1. The van der Waals surface area contributed by atoms with E-state index in [1.165, 1.54) is 6.07 Å². The van der Waals surface area contributed by atoms with Gasteiger partial charge in [-0.25, -0.2) is 0 Å². The van der Waals surface area contributed by atoms with Crippen molar-refractivity contribution in [3.05, 3.63) is 22.2 Å². The van der Waals surface area contributed by atoms with Crippen molar-refractivity contribution in [2.24, 2.45) is 0 Å². The molecule has 0 radical (unpaired) electrons. The average Bonchev–Trinajstić information content (AvgIpc) is 2.15. The minimum Gasteiger partial charge on any atom is -0.492 e. The van der Waals surface area contributed by atoms with Gasteiger partial charge in [0.1, 0.15) is 10.6 Å². The van der Waals surface area contributed by atoms with Gasteiger partial charge in [-0.15, -0.1) is 3.89 Å². The monoisotopic (exact) mass is 294 g/mol. The summed E-state index contributed by atoms with van der Waals surface area (Å²) >= 11 is 3.15. The zero-order valence-corrected chi connectivity index (χ0v) is 10.1. The van der Waals surface area contributed by atoms with E-state index in [9.17, 15) is 12.3 Å². The van der Waals surface area contributed by atoms with Crippen LogP contribution in [0.3, 0.4) is 0 Å². The van der Waals surface area contributed by atoms with Crippen LogP contribution in [0, 0.1) is 0 Å². The average molecular weight is 295 g/mol. The summed E-state index contributed by atoms with van der Waals surface area (Å²) in [6, 6.07) is 2.97. The van der Waals surface area contributed by atoms with Crippen LogP contribution in [0.4, 0.5) is 3.89 Å². The number of hydrogen-bond acceptors (Lipinski definition) is 3.